The van der Waals surface area contributed by atoms with Gasteiger partial charge in [-0.2, -0.15) is 0 Å². The van der Waals surface area contributed by atoms with Crippen LogP contribution in [0, 0.1) is 0 Å². The zero-order valence-corrected chi connectivity index (χ0v) is 17.7. The van der Waals surface area contributed by atoms with E-state index in [-0.39, 0.29) is 29.7 Å². The van der Waals surface area contributed by atoms with Gasteiger partial charge in [0.25, 0.3) is 5.91 Å². The fraction of sp³-hybridized carbons (Fsp3) is 0.706. The van der Waals surface area contributed by atoms with Gasteiger partial charge in [0.15, 0.2) is 19.9 Å². The molecule has 0 spiro atoms. The first-order valence-electron chi connectivity index (χ1n) is 8.85. The maximum absolute atomic E-state index is 12.7. The zero-order chi connectivity index (χ0) is 19.9. The van der Waals surface area contributed by atoms with Crippen LogP contribution < -0.4 is 4.90 Å². The molecule has 2 N–H and O–H groups in total. The smallest absolute Gasteiger partial charge is 0.278 e. The summed E-state index contributed by atoms with van der Waals surface area (Å²) in [6, 6.07) is 0. The molecule has 1 aliphatic heterocycles. The molecular weight excluding hydrogens is 352 g/mol. The van der Waals surface area contributed by atoms with Gasteiger partial charge in [0, 0.05) is 13.5 Å². The number of aromatic amines is 1. The number of carbonyl (C=O) groups is 2. The molecule has 26 heavy (non-hydrogen) atoms. The Kier molecular flexibility index (Phi) is 5.65. The molecule has 0 saturated carbocycles. The van der Waals surface area contributed by atoms with Gasteiger partial charge >= 0.3 is 0 Å². The standard InChI is InChI=1S/C17H30N4O4Si/c1-8-11(22)9-21-15(23)13-14(20(5)16(21)24)19-12(18-13)10-25-26(6,7)17(2,3)4/h16,24H,8-10H2,1-7H3,(H,18,19). The maximum atomic E-state index is 12.7. The lowest BCUT2D eigenvalue weighted by Crippen LogP contribution is -2.55. The van der Waals surface area contributed by atoms with E-state index < -0.39 is 20.6 Å². The van der Waals surface area contributed by atoms with Gasteiger partial charge in [0.2, 0.25) is 6.35 Å². The van der Waals surface area contributed by atoms with E-state index in [9.17, 15) is 14.7 Å². The van der Waals surface area contributed by atoms with Crippen molar-refractivity contribution in [2.75, 3.05) is 18.5 Å². The van der Waals surface area contributed by atoms with Crippen molar-refractivity contribution in [3.05, 3.63) is 11.5 Å². The van der Waals surface area contributed by atoms with Crippen molar-refractivity contribution in [1.29, 1.82) is 0 Å². The molecule has 0 aliphatic carbocycles. The number of ketones is 1. The zero-order valence-electron chi connectivity index (χ0n) is 16.7. The summed E-state index contributed by atoms with van der Waals surface area (Å²) in [4.78, 5) is 34.5. The van der Waals surface area contributed by atoms with E-state index in [1.807, 2.05) is 0 Å². The van der Waals surface area contributed by atoms with Gasteiger partial charge in [-0.15, -0.1) is 0 Å². The molecule has 2 rings (SSSR count). The topological polar surface area (TPSA) is 98.8 Å². The van der Waals surface area contributed by atoms with Crippen LogP contribution in [0.25, 0.3) is 0 Å². The van der Waals surface area contributed by atoms with E-state index in [0.29, 0.717) is 18.1 Å². The lowest BCUT2D eigenvalue weighted by Gasteiger charge is -2.37. The fourth-order valence-corrected chi connectivity index (χ4v) is 3.30. The third-order valence-electron chi connectivity index (χ3n) is 5.28. The number of anilines is 1. The number of nitrogens with one attached hydrogen (secondary N) is 1. The summed E-state index contributed by atoms with van der Waals surface area (Å²) in [5.41, 5.74) is 0.274. The Balaban J connectivity index is 2.22. The van der Waals surface area contributed by atoms with Crippen LogP contribution in [0.1, 0.15) is 50.4 Å². The third kappa shape index (κ3) is 3.84. The predicted molar refractivity (Wildman–Crippen MR) is 101 cm³/mol. The first-order valence-corrected chi connectivity index (χ1v) is 11.8. The summed E-state index contributed by atoms with van der Waals surface area (Å²) in [7, 11) is -0.314. The Morgan fingerprint density at radius 3 is 2.54 bits per heavy atom. The third-order valence-corrected chi connectivity index (χ3v) is 9.76. The van der Waals surface area contributed by atoms with Crippen molar-refractivity contribution in [2.45, 2.75) is 65.2 Å². The Morgan fingerprint density at radius 2 is 2.00 bits per heavy atom. The molecule has 8 nitrogen and oxygen atoms in total. The van der Waals surface area contributed by atoms with Crippen molar-refractivity contribution in [2.24, 2.45) is 0 Å². The minimum atomic E-state index is -1.95. The Hall–Kier alpha value is -1.71. The van der Waals surface area contributed by atoms with Gasteiger partial charge in [-0.3, -0.25) is 14.5 Å². The van der Waals surface area contributed by atoms with Crippen LogP contribution in [-0.2, 0) is 15.8 Å². The Morgan fingerprint density at radius 1 is 1.38 bits per heavy atom. The van der Waals surface area contributed by atoms with E-state index in [2.05, 4.69) is 43.8 Å². The number of aliphatic hydroxyl groups excluding tert-OH is 1. The molecule has 1 aliphatic rings. The van der Waals surface area contributed by atoms with Crippen molar-refractivity contribution in [3.8, 4) is 0 Å². The second kappa shape index (κ2) is 7.13. The number of carbonyl (C=O) groups excluding carboxylic acids is 2. The van der Waals surface area contributed by atoms with E-state index in [1.54, 1.807) is 14.0 Å². The summed E-state index contributed by atoms with van der Waals surface area (Å²) < 4.78 is 6.15. The molecule has 0 fully saturated rings. The largest absolute Gasteiger partial charge is 0.409 e. The monoisotopic (exact) mass is 382 g/mol. The number of nitrogens with zero attached hydrogens (tertiary/aromatic N) is 3. The summed E-state index contributed by atoms with van der Waals surface area (Å²) in [6.45, 7) is 12.6. The number of aliphatic hydroxyl groups is 1. The molecule has 9 heteroatoms. The maximum Gasteiger partial charge on any atom is 0.278 e. The molecular formula is C17H30N4O4Si. The lowest BCUT2D eigenvalue weighted by molar-refractivity contribution is -0.121. The SMILES string of the molecule is CCC(=O)CN1C(=O)c2[nH]c(CO[Si](C)(C)C(C)(C)C)nc2N(C)C1O. The normalized spacial score (nSPS) is 18.3. The number of hydrogen-bond donors (Lipinski definition) is 2. The van der Waals surface area contributed by atoms with Crippen LogP contribution in [0.4, 0.5) is 5.82 Å². The second-order valence-electron chi connectivity index (χ2n) is 8.21. The molecule has 1 aromatic rings. The van der Waals surface area contributed by atoms with Crippen molar-refractivity contribution >= 4 is 25.8 Å². The van der Waals surface area contributed by atoms with Gasteiger partial charge in [-0.25, -0.2) is 4.98 Å². The van der Waals surface area contributed by atoms with Gasteiger partial charge in [0.1, 0.15) is 11.5 Å². The Labute approximate surface area is 155 Å². The number of aromatic nitrogens is 2. The van der Waals surface area contributed by atoms with Crippen LogP contribution in [0.15, 0.2) is 0 Å². The minimum absolute atomic E-state index is 0.0688. The quantitative estimate of drug-likeness (QED) is 0.731. The van der Waals surface area contributed by atoms with Gasteiger partial charge < -0.3 is 19.4 Å². The molecule has 2 heterocycles. The molecule has 1 amide bonds. The predicted octanol–water partition coefficient (Wildman–Crippen LogP) is 2.08. The average molecular weight is 383 g/mol. The molecule has 1 atom stereocenters. The van der Waals surface area contributed by atoms with E-state index in [0.717, 1.165) is 4.90 Å². The summed E-state index contributed by atoms with van der Waals surface area (Å²) in [5.74, 6) is 0.362. The van der Waals surface area contributed by atoms with Crippen molar-refractivity contribution in [3.63, 3.8) is 0 Å². The van der Waals surface area contributed by atoms with Crippen molar-refractivity contribution < 1.29 is 19.1 Å². The molecule has 1 aromatic heterocycles. The number of H-pyrrole nitrogens is 1. The highest BCUT2D eigenvalue weighted by Gasteiger charge is 2.40. The molecule has 0 bridgehead atoms. The summed E-state index contributed by atoms with van der Waals surface area (Å²) in [6.07, 6.45) is -0.912. The number of fused-ring (bicyclic) bond motifs is 1. The molecule has 0 saturated heterocycles. The fourth-order valence-electron chi connectivity index (χ4n) is 2.37. The van der Waals surface area contributed by atoms with E-state index in [1.165, 1.54) is 4.90 Å². The lowest BCUT2D eigenvalue weighted by atomic mass is 10.2. The van der Waals surface area contributed by atoms with Crippen LogP contribution in [-0.4, -0.2) is 59.9 Å². The Bertz CT molecular complexity index is 695. The highest BCUT2D eigenvalue weighted by atomic mass is 28.4. The second-order valence-corrected chi connectivity index (χ2v) is 13.0. The summed E-state index contributed by atoms with van der Waals surface area (Å²) in [5, 5.41) is 10.4. The highest BCUT2D eigenvalue weighted by Crippen LogP contribution is 2.37. The van der Waals surface area contributed by atoms with E-state index in [4.69, 9.17) is 4.43 Å². The average Bonchev–Trinajstić information content (AvgIpc) is 2.98. The van der Waals surface area contributed by atoms with Crippen LogP contribution in [0.2, 0.25) is 18.1 Å². The van der Waals surface area contributed by atoms with Gasteiger partial charge in [0.05, 0.1) is 13.2 Å². The highest BCUT2D eigenvalue weighted by molar-refractivity contribution is 6.74. The molecule has 146 valence electrons. The van der Waals surface area contributed by atoms with Gasteiger partial charge in [-0.05, 0) is 18.1 Å². The molecule has 0 radical (unpaired) electrons. The number of amides is 1. The van der Waals surface area contributed by atoms with Crippen LogP contribution in [0.3, 0.4) is 0 Å². The number of hydrogen-bond acceptors (Lipinski definition) is 6. The minimum Gasteiger partial charge on any atom is -0.409 e. The number of imidazole rings is 1. The van der Waals surface area contributed by atoms with Crippen molar-refractivity contribution in [1.82, 2.24) is 14.9 Å². The summed E-state index contributed by atoms with van der Waals surface area (Å²) >= 11 is 0. The van der Waals surface area contributed by atoms with Crippen LogP contribution >= 0.6 is 0 Å². The molecule has 0 aromatic carbocycles. The van der Waals surface area contributed by atoms with Crippen LogP contribution in [0.5, 0.6) is 0 Å². The van der Waals surface area contributed by atoms with E-state index >= 15 is 0 Å². The van der Waals surface area contributed by atoms with Gasteiger partial charge in [-0.1, -0.05) is 27.7 Å². The number of rotatable bonds is 6. The first-order chi connectivity index (χ1) is 11.9. The molecule has 1 unspecified atom stereocenters. The first kappa shape index (κ1) is 20.6. The number of Topliss-reactive ketones (excluding diaryl/α,β-unsaturated/α-hetero) is 1.